The van der Waals surface area contributed by atoms with E-state index in [2.05, 4.69) is 17.9 Å². The van der Waals surface area contributed by atoms with Gasteiger partial charge in [0.15, 0.2) is 0 Å². The summed E-state index contributed by atoms with van der Waals surface area (Å²) in [6, 6.07) is 0. The maximum absolute atomic E-state index is 10.9. The zero-order valence-corrected chi connectivity index (χ0v) is 16.1. The van der Waals surface area contributed by atoms with Gasteiger partial charge in [-0.2, -0.15) is 0 Å². The third kappa shape index (κ3) is 11.5. The normalized spacial score (nSPS) is 17.6. The lowest BCUT2D eigenvalue weighted by atomic mass is 9.85. The summed E-state index contributed by atoms with van der Waals surface area (Å²) < 4.78 is 4.49. The van der Waals surface area contributed by atoms with Gasteiger partial charge in [-0.05, 0) is 38.5 Å². The van der Waals surface area contributed by atoms with Crippen molar-refractivity contribution in [1.82, 2.24) is 0 Å². The Kier molecular flexibility index (Phi) is 12.1. The maximum atomic E-state index is 10.9. The van der Waals surface area contributed by atoms with Crippen molar-refractivity contribution >= 4 is 11.9 Å². The summed E-state index contributed by atoms with van der Waals surface area (Å²) in [5, 5.41) is 28.0. The van der Waals surface area contributed by atoms with Crippen molar-refractivity contribution in [2.45, 2.75) is 64.6 Å². The molecule has 0 fully saturated rings. The first-order valence-electron chi connectivity index (χ1n) is 8.29. The van der Waals surface area contributed by atoms with Crippen LogP contribution in [0.2, 0.25) is 0 Å². The summed E-state index contributed by atoms with van der Waals surface area (Å²) in [6.45, 7) is 14.0. The fourth-order valence-corrected chi connectivity index (χ4v) is 2.03. The number of aliphatic carboxylic acids is 1. The highest BCUT2D eigenvalue weighted by molar-refractivity contribution is 5.70. The zero-order chi connectivity index (χ0) is 20.3. The van der Waals surface area contributed by atoms with Gasteiger partial charge in [-0.3, -0.25) is 9.59 Å². The molecule has 0 amide bonds. The summed E-state index contributed by atoms with van der Waals surface area (Å²) in [4.78, 5) is 21.3. The third-order valence-electron chi connectivity index (χ3n) is 4.40. The minimum atomic E-state index is -1.14. The molecule has 6 heteroatoms. The molecule has 0 aromatic carbocycles. The number of rotatable bonds is 10. The van der Waals surface area contributed by atoms with Crippen LogP contribution in [0.1, 0.15) is 53.4 Å². The van der Waals surface area contributed by atoms with Crippen LogP contribution in [0, 0.1) is 11.8 Å². The van der Waals surface area contributed by atoms with Gasteiger partial charge < -0.3 is 20.1 Å². The Labute approximate surface area is 151 Å². The van der Waals surface area contributed by atoms with E-state index in [9.17, 15) is 19.8 Å². The molecule has 6 nitrogen and oxygen atoms in total. The number of aliphatic hydroxyl groups is 2. The Morgan fingerprint density at radius 1 is 1.00 bits per heavy atom. The van der Waals surface area contributed by atoms with Crippen LogP contribution in [0.5, 0.6) is 0 Å². The van der Waals surface area contributed by atoms with E-state index in [1.165, 1.54) is 14.0 Å². The lowest BCUT2D eigenvalue weighted by Gasteiger charge is -2.28. The van der Waals surface area contributed by atoms with Gasteiger partial charge in [-0.1, -0.05) is 26.0 Å². The molecule has 0 rings (SSSR count). The molecule has 0 heterocycles. The quantitative estimate of drug-likeness (QED) is 0.410. The number of hydrogen-bond donors (Lipinski definition) is 3. The van der Waals surface area contributed by atoms with Gasteiger partial charge in [0.25, 0.3) is 0 Å². The summed E-state index contributed by atoms with van der Waals surface area (Å²) in [7, 11) is 1.32. The van der Waals surface area contributed by atoms with Crippen LogP contribution in [-0.2, 0) is 14.3 Å². The van der Waals surface area contributed by atoms with Gasteiger partial charge in [-0.25, -0.2) is 0 Å². The van der Waals surface area contributed by atoms with E-state index in [1.54, 1.807) is 19.1 Å². The summed E-state index contributed by atoms with van der Waals surface area (Å²) in [6.07, 6.45) is 4.53. The number of carbonyl (C=O) groups excluding carboxylic acids is 1. The highest BCUT2D eigenvalue weighted by Crippen LogP contribution is 2.24. The molecule has 0 spiro atoms. The van der Waals surface area contributed by atoms with E-state index >= 15 is 0 Å². The van der Waals surface area contributed by atoms with Crippen molar-refractivity contribution in [2.75, 3.05) is 7.11 Å². The molecule has 0 aliphatic heterocycles. The van der Waals surface area contributed by atoms with E-state index in [1.807, 2.05) is 13.8 Å². The Morgan fingerprint density at radius 3 is 1.64 bits per heavy atom. The molecular formula is C19H34O6. The number of methoxy groups -OCH3 is 1. The van der Waals surface area contributed by atoms with Crippen molar-refractivity contribution in [3.8, 4) is 0 Å². The first-order valence-corrected chi connectivity index (χ1v) is 8.29. The predicted molar refractivity (Wildman–Crippen MR) is 98.1 cm³/mol. The van der Waals surface area contributed by atoms with E-state index in [0.717, 1.165) is 0 Å². The van der Waals surface area contributed by atoms with Crippen molar-refractivity contribution in [3.63, 3.8) is 0 Å². The molecule has 0 saturated heterocycles. The van der Waals surface area contributed by atoms with Gasteiger partial charge >= 0.3 is 11.9 Å². The predicted octanol–water partition coefficient (Wildman–Crippen LogP) is 2.94. The van der Waals surface area contributed by atoms with E-state index in [0.29, 0.717) is 12.8 Å². The van der Waals surface area contributed by atoms with Crippen LogP contribution in [0.25, 0.3) is 0 Å². The van der Waals surface area contributed by atoms with Crippen molar-refractivity contribution in [2.24, 2.45) is 11.8 Å². The molecule has 0 saturated carbocycles. The van der Waals surface area contributed by atoms with Crippen LogP contribution in [-0.4, -0.2) is 45.6 Å². The number of esters is 1. The van der Waals surface area contributed by atoms with E-state index < -0.39 is 17.2 Å². The maximum Gasteiger partial charge on any atom is 0.308 e. The molecule has 4 unspecified atom stereocenters. The average Bonchev–Trinajstić information content (AvgIpc) is 2.46. The van der Waals surface area contributed by atoms with Crippen molar-refractivity contribution < 1.29 is 29.6 Å². The fourth-order valence-electron chi connectivity index (χ4n) is 2.03. The molecule has 0 aliphatic rings. The van der Waals surface area contributed by atoms with Crippen molar-refractivity contribution in [3.05, 3.63) is 25.3 Å². The average molecular weight is 358 g/mol. The topological polar surface area (TPSA) is 104 Å². The summed E-state index contributed by atoms with van der Waals surface area (Å²) in [5.41, 5.74) is -2.15. The van der Waals surface area contributed by atoms with Crippen LogP contribution < -0.4 is 0 Å². The molecule has 0 radical (unpaired) electrons. The van der Waals surface area contributed by atoms with Crippen LogP contribution in [0.4, 0.5) is 0 Å². The second-order valence-electron chi connectivity index (χ2n) is 6.89. The molecule has 146 valence electrons. The largest absolute Gasteiger partial charge is 0.481 e. The smallest absolute Gasteiger partial charge is 0.308 e. The zero-order valence-electron chi connectivity index (χ0n) is 16.1. The second kappa shape index (κ2) is 11.8. The molecule has 3 N–H and O–H groups in total. The number of carboxylic acid groups (broad SMARTS) is 1. The lowest BCUT2D eigenvalue weighted by Crippen LogP contribution is -2.35. The van der Waals surface area contributed by atoms with Gasteiger partial charge in [0.1, 0.15) is 0 Å². The van der Waals surface area contributed by atoms with Gasteiger partial charge in [0, 0.05) is 0 Å². The SMILES string of the molecule is C=CCC(C)C(C)(O)CC(=O)O.C=CCC(C)C(C)(O)CC(=O)OC. The van der Waals surface area contributed by atoms with Gasteiger partial charge in [-0.15, -0.1) is 13.2 Å². The minimum absolute atomic E-state index is 0.00380. The highest BCUT2D eigenvalue weighted by atomic mass is 16.5. The fraction of sp³-hybridized carbons (Fsp3) is 0.684. The van der Waals surface area contributed by atoms with Gasteiger partial charge in [0.2, 0.25) is 0 Å². The molecule has 0 aliphatic carbocycles. The molecular weight excluding hydrogens is 324 g/mol. The second-order valence-corrected chi connectivity index (χ2v) is 6.89. The Bertz CT molecular complexity index is 439. The summed E-state index contributed by atoms with van der Waals surface area (Å²) in [5.74, 6) is -1.44. The monoisotopic (exact) mass is 358 g/mol. The Hall–Kier alpha value is -1.66. The van der Waals surface area contributed by atoms with Crippen LogP contribution in [0.15, 0.2) is 25.3 Å². The number of ether oxygens (including phenoxy) is 1. The number of hydrogen-bond acceptors (Lipinski definition) is 5. The molecule has 0 aromatic rings. The first kappa shape index (κ1) is 25.6. The molecule has 0 aromatic heterocycles. The molecule has 25 heavy (non-hydrogen) atoms. The van der Waals surface area contributed by atoms with Crippen LogP contribution in [0.3, 0.4) is 0 Å². The Morgan fingerprint density at radius 2 is 1.36 bits per heavy atom. The highest BCUT2D eigenvalue weighted by Gasteiger charge is 2.31. The Balaban J connectivity index is 0. The first-order chi connectivity index (χ1) is 11.3. The lowest BCUT2D eigenvalue weighted by molar-refractivity contribution is -0.147. The minimum Gasteiger partial charge on any atom is -0.481 e. The van der Waals surface area contributed by atoms with Crippen molar-refractivity contribution in [1.29, 1.82) is 0 Å². The summed E-state index contributed by atoms with van der Waals surface area (Å²) >= 11 is 0. The standard InChI is InChI=1S/C10H18O3.C9H16O3/c1-5-6-8(2)10(3,12)7-9(11)13-4;1-4-5-7(2)9(3,12)6-8(10)11/h5,8,12H,1,6-7H2,2-4H3;4,7,12H,1,5-6H2,2-3H3,(H,10,11). The molecule has 0 bridgehead atoms. The number of carbonyl (C=O) groups is 2. The number of allylic oxidation sites excluding steroid dienone is 2. The van der Waals surface area contributed by atoms with E-state index in [4.69, 9.17) is 5.11 Å². The van der Waals surface area contributed by atoms with Gasteiger partial charge in [0.05, 0.1) is 31.2 Å². The van der Waals surface area contributed by atoms with E-state index in [-0.39, 0.29) is 30.6 Å². The van der Waals surface area contributed by atoms with Crippen LogP contribution >= 0.6 is 0 Å². The molecule has 4 atom stereocenters. The number of carboxylic acids is 1. The third-order valence-corrected chi connectivity index (χ3v) is 4.40.